The van der Waals surface area contributed by atoms with Crippen LogP contribution in [0.2, 0.25) is 0 Å². The third-order valence-corrected chi connectivity index (χ3v) is 6.93. The molecule has 3 N–H and O–H groups in total. The molecule has 0 spiro atoms. The van der Waals surface area contributed by atoms with Crippen LogP contribution in [0.3, 0.4) is 0 Å². The molecule has 1 fully saturated rings. The number of aryl methyl sites for hydroxylation is 1. The highest BCUT2D eigenvalue weighted by molar-refractivity contribution is 6.12. The average molecular weight is 498 g/mol. The van der Waals surface area contributed by atoms with E-state index in [0.717, 1.165) is 36.1 Å². The maximum atomic E-state index is 13.6. The first-order valence-corrected chi connectivity index (χ1v) is 12.9. The second-order valence-electron chi connectivity index (χ2n) is 9.52. The zero-order chi connectivity index (χ0) is 26.2. The van der Waals surface area contributed by atoms with Gasteiger partial charge in [0.05, 0.1) is 12.1 Å². The Morgan fingerprint density at radius 3 is 2.56 bits per heavy atom. The molecule has 196 valence electrons. The molecule has 1 aliphatic rings. The van der Waals surface area contributed by atoms with E-state index in [-0.39, 0.29) is 17.9 Å². The first-order valence-electron chi connectivity index (χ1n) is 12.9. The lowest BCUT2D eigenvalue weighted by Gasteiger charge is -2.46. The number of pyridine rings is 1. The molecule has 2 aromatic rings. The van der Waals surface area contributed by atoms with E-state index in [1.807, 2.05) is 6.92 Å². The van der Waals surface area contributed by atoms with Gasteiger partial charge in [-0.25, -0.2) is 9.78 Å². The number of likely N-dealkylation sites (N-methyl/N-ethyl adjacent to an activating group) is 1. The lowest BCUT2D eigenvalue weighted by atomic mass is 9.81. The Kier molecular flexibility index (Phi) is 9.44. The number of unbranched alkanes of at least 4 members (excludes halogenated alkanes) is 4. The number of nitrogen functional groups attached to an aromatic ring is 1. The number of anilines is 2. The molecule has 1 saturated heterocycles. The van der Waals surface area contributed by atoms with Crippen molar-refractivity contribution in [2.75, 3.05) is 17.7 Å². The number of carbonyl (C=O) groups is 3. The SMILES string of the molecule is CCCCCCCC(CC)NC(=O)N1C(=O)[C@H](Cc2ccnc(N)c2)[C@H]1C(=O)N(C)c1ccnn1C. The maximum Gasteiger partial charge on any atom is 0.325 e. The monoisotopic (exact) mass is 497 g/mol. The van der Waals surface area contributed by atoms with E-state index in [1.165, 1.54) is 24.2 Å². The Hall–Kier alpha value is -3.43. The summed E-state index contributed by atoms with van der Waals surface area (Å²) >= 11 is 0. The van der Waals surface area contributed by atoms with Crippen molar-refractivity contribution in [1.82, 2.24) is 25.0 Å². The topological polar surface area (TPSA) is 126 Å². The zero-order valence-electron chi connectivity index (χ0n) is 21.8. The van der Waals surface area contributed by atoms with Crippen LogP contribution >= 0.6 is 0 Å². The molecular formula is C26H39N7O3. The lowest BCUT2D eigenvalue weighted by Crippen LogP contribution is -2.71. The largest absolute Gasteiger partial charge is 0.384 e. The van der Waals surface area contributed by atoms with Gasteiger partial charge in [-0.3, -0.25) is 24.1 Å². The second kappa shape index (κ2) is 12.5. The van der Waals surface area contributed by atoms with Gasteiger partial charge in [0.25, 0.3) is 5.91 Å². The molecule has 0 aromatic carbocycles. The van der Waals surface area contributed by atoms with E-state index in [9.17, 15) is 14.4 Å². The van der Waals surface area contributed by atoms with Crippen LogP contribution in [-0.4, -0.2) is 56.6 Å². The van der Waals surface area contributed by atoms with Gasteiger partial charge >= 0.3 is 6.03 Å². The predicted molar refractivity (Wildman–Crippen MR) is 139 cm³/mol. The normalized spacial score (nSPS) is 18.0. The van der Waals surface area contributed by atoms with E-state index in [1.54, 1.807) is 49.4 Å². The molecule has 1 unspecified atom stereocenters. The van der Waals surface area contributed by atoms with E-state index in [0.29, 0.717) is 18.1 Å². The number of hydrogen-bond donors (Lipinski definition) is 2. The molecule has 3 rings (SSSR count). The first kappa shape index (κ1) is 27.2. The molecule has 3 heterocycles. The van der Waals surface area contributed by atoms with Crippen LogP contribution in [0.15, 0.2) is 30.6 Å². The molecule has 36 heavy (non-hydrogen) atoms. The van der Waals surface area contributed by atoms with Crippen molar-refractivity contribution in [3.8, 4) is 0 Å². The number of carbonyl (C=O) groups excluding carboxylic acids is 3. The summed E-state index contributed by atoms with van der Waals surface area (Å²) in [6.07, 6.45) is 10.8. The van der Waals surface area contributed by atoms with Gasteiger partial charge in [0, 0.05) is 32.4 Å². The van der Waals surface area contributed by atoms with Gasteiger partial charge in [-0.15, -0.1) is 0 Å². The highest BCUT2D eigenvalue weighted by Gasteiger charge is 2.55. The minimum atomic E-state index is -0.922. The summed E-state index contributed by atoms with van der Waals surface area (Å²) in [5.74, 6) is -0.459. The quantitative estimate of drug-likeness (QED) is 0.342. The van der Waals surface area contributed by atoms with Gasteiger partial charge in [-0.05, 0) is 37.0 Å². The Labute approximate surface area is 213 Å². The summed E-state index contributed by atoms with van der Waals surface area (Å²) in [7, 11) is 3.37. The summed E-state index contributed by atoms with van der Waals surface area (Å²) in [6, 6.07) is 3.69. The zero-order valence-corrected chi connectivity index (χ0v) is 21.8. The maximum absolute atomic E-state index is 13.6. The number of urea groups is 1. The van der Waals surface area contributed by atoms with E-state index >= 15 is 0 Å². The fourth-order valence-electron chi connectivity index (χ4n) is 4.76. The van der Waals surface area contributed by atoms with E-state index < -0.39 is 18.0 Å². The van der Waals surface area contributed by atoms with Gasteiger partial charge in [0.1, 0.15) is 17.7 Å². The summed E-state index contributed by atoms with van der Waals surface area (Å²) in [6.45, 7) is 4.20. The Bertz CT molecular complexity index is 1050. The minimum absolute atomic E-state index is 0.0449. The van der Waals surface area contributed by atoms with Gasteiger partial charge in [-0.2, -0.15) is 5.10 Å². The average Bonchev–Trinajstić information content (AvgIpc) is 3.29. The van der Waals surface area contributed by atoms with Crippen molar-refractivity contribution in [3.05, 3.63) is 36.2 Å². The molecule has 4 amide bonds. The number of nitrogens with one attached hydrogen (secondary N) is 1. The van der Waals surface area contributed by atoms with Crippen LogP contribution in [0, 0.1) is 5.92 Å². The first-order chi connectivity index (χ1) is 17.3. The van der Waals surface area contributed by atoms with Gasteiger partial charge in [0.2, 0.25) is 5.91 Å². The number of likely N-dealkylation sites (tertiary alicyclic amines) is 1. The van der Waals surface area contributed by atoms with E-state index in [4.69, 9.17) is 5.73 Å². The van der Waals surface area contributed by atoms with Crippen molar-refractivity contribution in [2.45, 2.75) is 77.3 Å². The van der Waals surface area contributed by atoms with Gasteiger partial charge in [-0.1, -0.05) is 46.0 Å². The third kappa shape index (κ3) is 6.22. The number of nitrogens with two attached hydrogens (primary N) is 1. The second-order valence-corrected chi connectivity index (χ2v) is 9.52. The number of aromatic nitrogens is 3. The summed E-state index contributed by atoms with van der Waals surface area (Å²) in [5, 5.41) is 7.13. The molecule has 0 aliphatic carbocycles. The molecule has 0 bridgehead atoms. The van der Waals surface area contributed by atoms with Crippen LogP contribution < -0.4 is 16.0 Å². The molecule has 2 aromatic heterocycles. The number of amides is 4. The molecule has 3 atom stereocenters. The number of β-lactam (4-membered cyclic amide) rings is 1. The fourth-order valence-corrected chi connectivity index (χ4v) is 4.76. The lowest BCUT2D eigenvalue weighted by molar-refractivity contribution is -0.156. The molecule has 0 saturated carbocycles. The smallest absolute Gasteiger partial charge is 0.325 e. The number of nitrogens with zero attached hydrogens (tertiary/aromatic N) is 5. The van der Waals surface area contributed by atoms with Crippen molar-refractivity contribution >= 4 is 29.5 Å². The molecule has 1 aliphatic heterocycles. The van der Waals surface area contributed by atoms with Crippen molar-refractivity contribution in [3.63, 3.8) is 0 Å². The third-order valence-electron chi connectivity index (χ3n) is 6.93. The Morgan fingerprint density at radius 1 is 1.17 bits per heavy atom. The Morgan fingerprint density at radius 2 is 1.92 bits per heavy atom. The number of imide groups is 1. The molecule has 0 radical (unpaired) electrons. The summed E-state index contributed by atoms with van der Waals surface area (Å²) in [4.78, 5) is 46.6. The van der Waals surface area contributed by atoms with Crippen molar-refractivity contribution < 1.29 is 14.4 Å². The highest BCUT2D eigenvalue weighted by atomic mass is 16.2. The van der Waals surface area contributed by atoms with Crippen LogP contribution in [0.4, 0.5) is 16.4 Å². The van der Waals surface area contributed by atoms with Crippen molar-refractivity contribution in [2.24, 2.45) is 13.0 Å². The van der Waals surface area contributed by atoms with Crippen molar-refractivity contribution in [1.29, 1.82) is 0 Å². The van der Waals surface area contributed by atoms with Crippen LogP contribution in [-0.2, 0) is 23.1 Å². The number of hydrogen-bond acceptors (Lipinski definition) is 6. The van der Waals surface area contributed by atoms with Crippen LogP contribution in [0.5, 0.6) is 0 Å². The minimum Gasteiger partial charge on any atom is -0.384 e. The predicted octanol–water partition coefficient (Wildman–Crippen LogP) is 3.28. The van der Waals surface area contributed by atoms with Crippen LogP contribution in [0.1, 0.15) is 64.4 Å². The molecular weight excluding hydrogens is 458 g/mol. The summed E-state index contributed by atoms with van der Waals surface area (Å²) in [5.41, 5.74) is 6.60. The highest BCUT2D eigenvalue weighted by Crippen LogP contribution is 2.33. The fraction of sp³-hybridized carbons (Fsp3) is 0.577. The molecule has 10 nitrogen and oxygen atoms in total. The van der Waals surface area contributed by atoms with E-state index in [2.05, 4.69) is 22.3 Å². The standard InChI is InChI=1S/C26H39N7O3/c1-5-7-8-9-10-11-19(6-2)30-26(36)33-23(25(35)31(3)22-13-15-29-32(22)4)20(24(33)34)16-18-12-14-28-21(27)17-18/h12-15,17,19-20,23H,5-11,16H2,1-4H3,(H2,27,28)(H,30,36)/t19?,20-,23+/m1/s1. The van der Waals surface area contributed by atoms with Gasteiger partial charge < -0.3 is 11.1 Å². The van der Waals surface area contributed by atoms with Crippen LogP contribution in [0.25, 0.3) is 0 Å². The summed E-state index contributed by atoms with van der Waals surface area (Å²) < 4.78 is 1.58. The number of rotatable bonds is 12. The molecule has 10 heteroatoms. The van der Waals surface area contributed by atoms with Gasteiger partial charge in [0.15, 0.2) is 0 Å². The Balaban J connectivity index is 1.76.